The second-order valence-corrected chi connectivity index (χ2v) is 5.04. The Morgan fingerprint density at radius 3 is 2.75 bits per heavy atom. The largest absolute Gasteiger partial charge is 0.496 e. The van der Waals surface area contributed by atoms with Crippen molar-refractivity contribution in [2.24, 2.45) is 0 Å². The van der Waals surface area contributed by atoms with E-state index in [0.29, 0.717) is 5.15 Å². The third-order valence-electron chi connectivity index (χ3n) is 3.28. The minimum absolute atomic E-state index is 0.175. The Labute approximate surface area is 124 Å². The van der Waals surface area contributed by atoms with Crippen LogP contribution < -0.4 is 10.1 Å². The molecule has 1 aromatic heterocycles. The molecule has 0 radical (unpaired) electrons. The molecule has 0 saturated heterocycles. The number of rotatable bonds is 5. The number of hydrogen-bond acceptors (Lipinski definition) is 3. The molecule has 0 spiro atoms. The molecule has 0 amide bonds. The summed E-state index contributed by atoms with van der Waals surface area (Å²) in [7, 11) is 1.69. The number of ether oxygens (including phenoxy) is 1. The Morgan fingerprint density at radius 2 is 2.10 bits per heavy atom. The standard InChI is InChI=1S/C16H19ClN2O/c1-4-14(13-7-5-6-8-15(13)20-3)19-12-9-11(2)16(17)18-10-12/h5-10,14,19H,4H2,1-3H3. The first-order valence-corrected chi connectivity index (χ1v) is 7.05. The molecule has 1 N–H and O–H groups in total. The summed E-state index contributed by atoms with van der Waals surface area (Å²) in [5.41, 5.74) is 3.07. The second kappa shape index (κ2) is 6.62. The number of nitrogens with zero attached hydrogens (tertiary/aromatic N) is 1. The van der Waals surface area contributed by atoms with Crippen LogP contribution in [0.5, 0.6) is 5.75 Å². The van der Waals surface area contributed by atoms with Crippen LogP contribution in [0, 0.1) is 6.92 Å². The number of halogens is 1. The molecule has 0 aliphatic heterocycles. The zero-order valence-corrected chi connectivity index (χ0v) is 12.7. The van der Waals surface area contributed by atoms with E-state index in [2.05, 4.69) is 23.3 Å². The van der Waals surface area contributed by atoms with E-state index in [4.69, 9.17) is 16.3 Å². The summed E-state index contributed by atoms with van der Waals surface area (Å²) >= 11 is 5.96. The van der Waals surface area contributed by atoms with E-state index in [-0.39, 0.29) is 6.04 Å². The maximum atomic E-state index is 5.96. The van der Waals surface area contributed by atoms with Crippen LogP contribution in [0.3, 0.4) is 0 Å². The number of methoxy groups -OCH3 is 1. The lowest BCUT2D eigenvalue weighted by atomic mass is 10.0. The maximum Gasteiger partial charge on any atom is 0.132 e. The highest BCUT2D eigenvalue weighted by molar-refractivity contribution is 6.30. The summed E-state index contributed by atoms with van der Waals surface area (Å²) in [6, 6.07) is 10.2. The van der Waals surface area contributed by atoms with E-state index in [1.54, 1.807) is 13.3 Å². The summed E-state index contributed by atoms with van der Waals surface area (Å²) in [6.07, 6.45) is 2.70. The maximum absolute atomic E-state index is 5.96. The van der Waals surface area contributed by atoms with Gasteiger partial charge >= 0.3 is 0 Å². The zero-order chi connectivity index (χ0) is 14.5. The van der Waals surface area contributed by atoms with Crippen molar-refractivity contribution in [2.45, 2.75) is 26.3 Å². The zero-order valence-electron chi connectivity index (χ0n) is 12.0. The normalized spacial score (nSPS) is 12.0. The number of benzene rings is 1. The highest BCUT2D eigenvalue weighted by Crippen LogP contribution is 2.30. The molecule has 0 saturated carbocycles. The average Bonchev–Trinajstić information content (AvgIpc) is 2.48. The molecule has 106 valence electrons. The van der Waals surface area contributed by atoms with E-state index in [1.165, 1.54) is 0 Å². The van der Waals surface area contributed by atoms with Crippen molar-refractivity contribution in [1.29, 1.82) is 0 Å². The Bertz CT molecular complexity index is 586. The van der Waals surface area contributed by atoms with E-state index >= 15 is 0 Å². The molecule has 0 aliphatic rings. The summed E-state index contributed by atoms with van der Waals surface area (Å²) in [5.74, 6) is 0.894. The molecule has 0 fully saturated rings. The molecule has 1 atom stereocenters. The van der Waals surface area contributed by atoms with E-state index in [0.717, 1.165) is 29.0 Å². The summed E-state index contributed by atoms with van der Waals surface area (Å²) < 4.78 is 5.43. The monoisotopic (exact) mass is 290 g/mol. The third kappa shape index (κ3) is 3.23. The van der Waals surface area contributed by atoms with Crippen molar-refractivity contribution >= 4 is 17.3 Å². The Hall–Kier alpha value is -1.74. The van der Waals surface area contributed by atoms with Crippen molar-refractivity contribution in [2.75, 3.05) is 12.4 Å². The van der Waals surface area contributed by atoms with Crippen molar-refractivity contribution in [3.8, 4) is 5.75 Å². The van der Waals surface area contributed by atoms with E-state index < -0.39 is 0 Å². The van der Waals surface area contributed by atoms with E-state index in [1.807, 2.05) is 31.2 Å². The topological polar surface area (TPSA) is 34.2 Å². The molecule has 20 heavy (non-hydrogen) atoms. The Kier molecular flexibility index (Phi) is 4.85. The molecule has 2 aromatic rings. The van der Waals surface area contributed by atoms with Gasteiger partial charge in [0.2, 0.25) is 0 Å². The Balaban J connectivity index is 2.26. The van der Waals surface area contributed by atoms with Gasteiger partial charge in [0, 0.05) is 5.56 Å². The van der Waals surface area contributed by atoms with E-state index in [9.17, 15) is 0 Å². The van der Waals surface area contributed by atoms with Crippen LogP contribution in [-0.4, -0.2) is 12.1 Å². The highest BCUT2D eigenvalue weighted by Gasteiger charge is 2.14. The molecule has 1 unspecified atom stereocenters. The summed E-state index contributed by atoms with van der Waals surface area (Å²) in [4.78, 5) is 4.17. The van der Waals surface area contributed by atoms with Crippen LogP contribution >= 0.6 is 11.6 Å². The number of pyridine rings is 1. The second-order valence-electron chi connectivity index (χ2n) is 4.68. The van der Waals surface area contributed by atoms with Crippen LogP contribution in [0.2, 0.25) is 5.15 Å². The molecular weight excluding hydrogens is 272 g/mol. The quantitative estimate of drug-likeness (QED) is 0.816. The van der Waals surface area contributed by atoms with Gasteiger partial charge in [-0.05, 0) is 31.0 Å². The minimum Gasteiger partial charge on any atom is -0.496 e. The number of nitrogens with one attached hydrogen (secondary N) is 1. The highest BCUT2D eigenvalue weighted by atomic mass is 35.5. The number of anilines is 1. The number of hydrogen-bond donors (Lipinski definition) is 1. The molecule has 0 bridgehead atoms. The first kappa shape index (κ1) is 14.7. The lowest BCUT2D eigenvalue weighted by Gasteiger charge is -2.21. The predicted octanol–water partition coefficient (Wildman–Crippen LogP) is 4.62. The van der Waals surface area contributed by atoms with Gasteiger partial charge < -0.3 is 10.1 Å². The van der Waals surface area contributed by atoms with Crippen LogP contribution in [-0.2, 0) is 0 Å². The van der Waals surface area contributed by atoms with Gasteiger partial charge in [0.1, 0.15) is 10.9 Å². The third-order valence-corrected chi connectivity index (χ3v) is 3.67. The van der Waals surface area contributed by atoms with Crippen LogP contribution in [0.25, 0.3) is 0 Å². The van der Waals surface area contributed by atoms with Gasteiger partial charge in [0.05, 0.1) is 25.0 Å². The Morgan fingerprint density at radius 1 is 1.35 bits per heavy atom. The first-order valence-electron chi connectivity index (χ1n) is 6.67. The molecule has 2 rings (SSSR count). The van der Waals surface area contributed by atoms with Crippen molar-refractivity contribution in [3.05, 3.63) is 52.8 Å². The van der Waals surface area contributed by atoms with Gasteiger partial charge in [0.25, 0.3) is 0 Å². The molecular formula is C16H19ClN2O. The number of aryl methyl sites for hydroxylation is 1. The average molecular weight is 291 g/mol. The van der Waals surface area contributed by atoms with Crippen molar-refractivity contribution < 1.29 is 4.74 Å². The fourth-order valence-electron chi connectivity index (χ4n) is 2.19. The van der Waals surface area contributed by atoms with Crippen LogP contribution in [0.15, 0.2) is 36.5 Å². The van der Waals surface area contributed by atoms with Crippen molar-refractivity contribution in [1.82, 2.24) is 4.98 Å². The van der Waals surface area contributed by atoms with Gasteiger partial charge in [-0.15, -0.1) is 0 Å². The van der Waals surface area contributed by atoms with Gasteiger partial charge in [0.15, 0.2) is 0 Å². The fraction of sp³-hybridized carbons (Fsp3) is 0.312. The predicted molar refractivity (Wildman–Crippen MR) is 83.6 cm³/mol. The SMILES string of the molecule is CCC(Nc1cnc(Cl)c(C)c1)c1ccccc1OC. The van der Waals surface area contributed by atoms with Crippen LogP contribution in [0.1, 0.15) is 30.5 Å². The lowest BCUT2D eigenvalue weighted by Crippen LogP contribution is -2.11. The molecule has 0 aliphatic carbocycles. The smallest absolute Gasteiger partial charge is 0.132 e. The summed E-state index contributed by atoms with van der Waals surface area (Å²) in [6.45, 7) is 4.09. The van der Waals surface area contributed by atoms with Crippen LogP contribution in [0.4, 0.5) is 5.69 Å². The summed E-state index contributed by atoms with van der Waals surface area (Å²) in [5, 5.41) is 4.03. The van der Waals surface area contributed by atoms with Gasteiger partial charge in [-0.2, -0.15) is 0 Å². The molecule has 4 heteroatoms. The van der Waals surface area contributed by atoms with Gasteiger partial charge in [-0.1, -0.05) is 36.7 Å². The molecule has 1 heterocycles. The minimum atomic E-state index is 0.175. The molecule has 1 aromatic carbocycles. The van der Waals surface area contributed by atoms with Gasteiger partial charge in [-0.25, -0.2) is 4.98 Å². The van der Waals surface area contributed by atoms with Gasteiger partial charge in [-0.3, -0.25) is 0 Å². The number of para-hydroxylation sites is 1. The molecule has 3 nitrogen and oxygen atoms in total. The van der Waals surface area contributed by atoms with Crippen molar-refractivity contribution in [3.63, 3.8) is 0 Å². The number of aromatic nitrogens is 1. The first-order chi connectivity index (χ1) is 9.65. The lowest BCUT2D eigenvalue weighted by molar-refractivity contribution is 0.406. The fourth-order valence-corrected chi connectivity index (χ4v) is 2.30.